The maximum absolute atomic E-state index is 12.1. The molecular formula is C17H21N5O. The molecule has 1 atom stereocenters. The number of aromatic nitrogens is 3. The zero-order valence-corrected chi connectivity index (χ0v) is 13.5. The number of anilines is 2. The van der Waals surface area contributed by atoms with Crippen LogP contribution in [-0.2, 0) is 17.6 Å². The van der Waals surface area contributed by atoms with Crippen LogP contribution in [-0.4, -0.2) is 27.6 Å². The van der Waals surface area contributed by atoms with Crippen molar-refractivity contribution in [1.82, 2.24) is 15.2 Å². The second kappa shape index (κ2) is 6.73. The molecule has 120 valence electrons. The molecule has 0 saturated carbocycles. The summed E-state index contributed by atoms with van der Waals surface area (Å²) in [5, 5.41) is 14.4. The highest BCUT2D eigenvalue weighted by molar-refractivity contribution is 6.02. The van der Waals surface area contributed by atoms with Crippen LogP contribution in [0.4, 0.5) is 11.6 Å². The number of nitrogens with one attached hydrogen (secondary N) is 2. The van der Waals surface area contributed by atoms with Crippen molar-refractivity contribution in [1.29, 1.82) is 0 Å². The highest BCUT2D eigenvalue weighted by Crippen LogP contribution is 2.34. The van der Waals surface area contributed by atoms with E-state index in [2.05, 4.69) is 32.7 Å². The molecule has 2 aromatic rings. The number of rotatable bonds is 6. The van der Waals surface area contributed by atoms with Crippen LogP contribution in [0.2, 0.25) is 0 Å². The summed E-state index contributed by atoms with van der Waals surface area (Å²) in [5.41, 5.74) is 3.91. The van der Waals surface area contributed by atoms with Crippen LogP contribution >= 0.6 is 0 Å². The minimum absolute atomic E-state index is 0.0580. The summed E-state index contributed by atoms with van der Waals surface area (Å²) >= 11 is 0. The van der Waals surface area contributed by atoms with Gasteiger partial charge in [-0.2, -0.15) is 5.10 Å². The lowest BCUT2D eigenvalue weighted by Crippen LogP contribution is -2.17. The minimum Gasteiger partial charge on any atom is -0.353 e. The second-order valence-electron chi connectivity index (χ2n) is 5.58. The van der Waals surface area contributed by atoms with Gasteiger partial charge >= 0.3 is 0 Å². The van der Waals surface area contributed by atoms with Crippen LogP contribution in [0.5, 0.6) is 0 Å². The fourth-order valence-electron chi connectivity index (χ4n) is 2.90. The first-order chi connectivity index (χ1) is 11.2. The van der Waals surface area contributed by atoms with Crippen LogP contribution in [0.25, 0.3) is 0 Å². The van der Waals surface area contributed by atoms with Crippen LogP contribution in [0.15, 0.2) is 24.3 Å². The van der Waals surface area contributed by atoms with Gasteiger partial charge in [-0.3, -0.25) is 4.79 Å². The third-order valence-corrected chi connectivity index (χ3v) is 4.14. The zero-order valence-electron chi connectivity index (χ0n) is 13.5. The Balaban J connectivity index is 1.63. The Hall–Kier alpha value is -2.50. The van der Waals surface area contributed by atoms with Gasteiger partial charge in [0.15, 0.2) is 0 Å². The van der Waals surface area contributed by atoms with Crippen molar-refractivity contribution in [2.75, 3.05) is 17.2 Å². The van der Waals surface area contributed by atoms with Crippen molar-refractivity contribution in [2.24, 2.45) is 0 Å². The molecule has 0 radical (unpaired) electrons. The normalized spacial score (nSPS) is 16.1. The molecular weight excluding hydrogens is 290 g/mol. The van der Waals surface area contributed by atoms with Crippen LogP contribution in [0.1, 0.15) is 43.1 Å². The molecule has 0 aliphatic carbocycles. The molecule has 1 aromatic heterocycles. The maximum Gasteiger partial charge on any atom is 0.242 e. The van der Waals surface area contributed by atoms with E-state index in [0.29, 0.717) is 18.9 Å². The van der Waals surface area contributed by atoms with Gasteiger partial charge in [0.2, 0.25) is 11.9 Å². The lowest BCUT2D eigenvalue weighted by molar-refractivity contribution is -0.117. The molecule has 1 aliphatic rings. The number of aryl methyl sites for hydroxylation is 2. The number of benzene rings is 1. The summed E-state index contributed by atoms with van der Waals surface area (Å²) in [6, 6.07) is 7.83. The molecule has 1 aromatic carbocycles. The number of hydrogen-bond acceptors (Lipinski definition) is 5. The number of hydrogen-bond donors (Lipinski definition) is 2. The van der Waals surface area contributed by atoms with Gasteiger partial charge in [-0.25, -0.2) is 4.98 Å². The van der Waals surface area contributed by atoms with E-state index in [1.807, 2.05) is 31.2 Å². The molecule has 0 bridgehead atoms. The van der Waals surface area contributed by atoms with Crippen molar-refractivity contribution < 1.29 is 4.79 Å². The Bertz CT molecular complexity index is 716. The minimum atomic E-state index is -0.118. The predicted octanol–water partition coefficient (Wildman–Crippen LogP) is 2.53. The Morgan fingerprint density at radius 3 is 2.70 bits per heavy atom. The SMILES string of the molecule is CCc1nnc(NCC[C@H]2C(=O)Nc3ccccc32)nc1CC. The van der Waals surface area contributed by atoms with Gasteiger partial charge in [0.25, 0.3) is 0 Å². The topological polar surface area (TPSA) is 79.8 Å². The lowest BCUT2D eigenvalue weighted by atomic mass is 9.97. The van der Waals surface area contributed by atoms with Gasteiger partial charge in [0.1, 0.15) is 0 Å². The standard InChI is InChI=1S/C17H21N5O/c1-3-13-14(4-2)21-22-17(20-13)18-10-9-12-11-7-5-6-8-15(11)19-16(12)23/h5-8,12H,3-4,9-10H2,1-2H3,(H,19,23)(H,18,20,22)/t12-/m1/s1. The van der Waals surface area contributed by atoms with E-state index >= 15 is 0 Å². The van der Waals surface area contributed by atoms with Crippen LogP contribution in [0, 0.1) is 0 Å². The van der Waals surface area contributed by atoms with E-state index in [4.69, 9.17) is 0 Å². The van der Waals surface area contributed by atoms with Gasteiger partial charge in [-0.1, -0.05) is 32.0 Å². The third kappa shape index (κ3) is 3.16. The molecule has 6 heteroatoms. The highest BCUT2D eigenvalue weighted by atomic mass is 16.2. The Morgan fingerprint density at radius 2 is 1.91 bits per heavy atom. The largest absolute Gasteiger partial charge is 0.353 e. The maximum atomic E-state index is 12.1. The Morgan fingerprint density at radius 1 is 1.13 bits per heavy atom. The average molecular weight is 311 g/mol. The van der Waals surface area contributed by atoms with Crippen LogP contribution < -0.4 is 10.6 Å². The number of nitrogens with zero attached hydrogens (tertiary/aromatic N) is 3. The summed E-state index contributed by atoms with van der Waals surface area (Å²) in [5.74, 6) is 0.473. The van der Waals surface area contributed by atoms with Gasteiger partial charge < -0.3 is 10.6 Å². The highest BCUT2D eigenvalue weighted by Gasteiger charge is 2.29. The number of carbonyl (C=O) groups is 1. The first-order valence-electron chi connectivity index (χ1n) is 8.09. The van der Waals surface area contributed by atoms with Crippen molar-refractivity contribution in [3.8, 4) is 0 Å². The molecule has 0 unspecified atom stereocenters. The van der Waals surface area contributed by atoms with Crippen molar-refractivity contribution in [3.05, 3.63) is 41.2 Å². The van der Waals surface area contributed by atoms with E-state index in [1.54, 1.807) is 0 Å². The molecule has 0 spiro atoms. The zero-order chi connectivity index (χ0) is 16.2. The quantitative estimate of drug-likeness (QED) is 0.857. The number of para-hydroxylation sites is 1. The van der Waals surface area contributed by atoms with E-state index < -0.39 is 0 Å². The smallest absolute Gasteiger partial charge is 0.242 e. The third-order valence-electron chi connectivity index (χ3n) is 4.14. The van der Waals surface area contributed by atoms with E-state index in [0.717, 1.165) is 35.5 Å². The van der Waals surface area contributed by atoms with Crippen molar-refractivity contribution >= 4 is 17.5 Å². The number of fused-ring (bicyclic) bond motifs is 1. The van der Waals surface area contributed by atoms with Gasteiger partial charge in [-0.15, -0.1) is 5.10 Å². The second-order valence-corrected chi connectivity index (χ2v) is 5.58. The fraction of sp³-hybridized carbons (Fsp3) is 0.412. The molecule has 6 nitrogen and oxygen atoms in total. The van der Waals surface area contributed by atoms with Gasteiger partial charge in [0.05, 0.1) is 17.3 Å². The first-order valence-corrected chi connectivity index (χ1v) is 8.09. The molecule has 3 rings (SSSR count). The molecule has 23 heavy (non-hydrogen) atoms. The predicted molar refractivity (Wildman–Crippen MR) is 89.5 cm³/mol. The summed E-state index contributed by atoms with van der Waals surface area (Å²) in [6.07, 6.45) is 2.37. The van der Waals surface area contributed by atoms with Crippen molar-refractivity contribution in [3.63, 3.8) is 0 Å². The van der Waals surface area contributed by atoms with E-state index in [9.17, 15) is 4.79 Å². The number of amides is 1. The molecule has 1 aliphatic heterocycles. The monoisotopic (exact) mass is 311 g/mol. The Labute approximate surface area is 135 Å². The molecule has 0 saturated heterocycles. The summed E-state index contributed by atoms with van der Waals surface area (Å²) in [4.78, 5) is 16.6. The fourth-order valence-corrected chi connectivity index (χ4v) is 2.90. The Kier molecular flexibility index (Phi) is 4.50. The molecule has 2 heterocycles. The molecule has 0 fully saturated rings. The van der Waals surface area contributed by atoms with Crippen molar-refractivity contribution in [2.45, 2.75) is 39.0 Å². The lowest BCUT2D eigenvalue weighted by Gasteiger charge is -2.10. The van der Waals surface area contributed by atoms with Gasteiger partial charge in [0, 0.05) is 12.2 Å². The summed E-state index contributed by atoms with van der Waals surface area (Å²) < 4.78 is 0. The molecule has 2 N–H and O–H groups in total. The number of carbonyl (C=O) groups excluding carboxylic acids is 1. The molecule has 1 amide bonds. The van der Waals surface area contributed by atoms with E-state index in [-0.39, 0.29) is 11.8 Å². The summed E-state index contributed by atoms with van der Waals surface area (Å²) in [6.45, 7) is 4.74. The van der Waals surface area contributed by atoms with Crippen LogP contribution in [0.3, 0.4) is 0 Å². The van der Waals surface area contributed by atoms with E-state index in [1.165, 1.54) is 0 Å². The first kappa shape index (κ1) is 15.4. The van der Waals surface area contributed by atoms with Gasteiger partial charge in [-0.05, 0) is 30.9 Å². The average Bonchev–Trinajstić information content (AvgIpc) is 2.90. The summed E-state index contributed by atoms with van der Waals surface area (Å²) in [7, 11) is 0.